The number of alkyl halides is 3. The summed E-state index contributed by atoms with van der Waals surface area (Å²) in [6.07, 6.45) is -3.08. The van der Waals surface area contributed by atoms with Gasteiger partial charge in [0.1, 0.15) is 5.75 Å². The fourth-order valence-corrected chi connectivity index (χ4v) is 2.36. The molecule has 0 bridgehead atoms. The van der Waals surface area contributed by atoms with Crippen molar-refractivity contribution in [1.29, 1.82) is 0 Å². The van der Waals surface area contributed by atoms with Crippen molar-refractivity contribution in [2.45, 2.75) is 13.3 Å². The lowest BCUT2D eigenvalue weighted by Gasteiger charge is -2.09. The highest BCUT2D eigenvalue weighted by Gasteiger charge is 2.30. The Kier molecular flexibility index (Phi) is 3.97. The quantitative estimate of drug-likeness (QED) is 0.634. The molecule has 1 aromatic heterocycles. The maximum absolute atomic E-state index is 12.2. The van der Waals surface area contributed by atoms with Crippen molar-refractivity contribution in [1.82, 2.24) is 4.98 Å². The van der Waals surface area contributed by atoms with Gasteiger partial charge in [0, 0.05) is 22.7 Å². The number of fused-ring (bicyclic) bond motifs is 1. The minimum atomic E-state index is -4.71. The van der Waals surface area contributed by atoms with E-state index in [2.05, 4.69) is 9.72 Å². The monoisotopic (exact) mass is 331 g/mol. The molecule has 3 rings (SSSR count). The summed E-state index contributed by atoms with van der Waals surface area (Å²) in [5, 5.41) is 0.788. The van der Waals surface area contributed by atoms with Gasteiger partial charge in [0.15, 0.2) is 5.78 Å². The van der Waals surface area contributed by atoms with Crippen LogP contribution in [0, 0.1) is 0 Å². The van der Waals surface area contributed by atoms with Crippen molar-refractivity contribution in [3.05, 3.63) is 60.3 Å². The Morgan fingerprint density at radius 1 is 1.00 bits per heavy atom. The van der Waals surface area contributed by atoms with Gasteiger partial charge in [-0.1, -0.05) is 12.1 Å². The van der Waals surface area contributed by atoms with Crippen LogP contribution in [0.25, 0.3) is 22.0 Å². The fraction of sp³-hybridized carbons (Fsp3) is 0.111. The van der Waals surface area contributed by atoms with Crippen LogP contribution in [-0.2, 0) is 0 Å². The number of hydrogen-bond acceptors (Lipinski definition) is 3. The molecule has 3 aromatic rings. The second-order valence-corrected chi connectivity index (χ2v) is 5.26. The van der Waals surface area contributed by atoms with E-state index in [9.17, 15) is 18.0 Å². The smallest absolute Gasteiger partial charge is 0.406 e. The molecule has 0 saturated carbocycles. The Hall–Kier alpha value is -2.89. The molecule has 24 heavy (non-hydrogen) atoms. The van der Waals surface area contributed by atoms with Gasteiger partial charge in [0.25, 0.3) is 0 Å². The molecule has 0 aliphatic carbocycles. The van der Waals surface area contributed by atoms with Gasteiger partial charge < -0.3 is 4.74 Å². The van der Waals surface area contributed by atoms with Gasteiger partial charge in [-0.3, -0.25) is 9.78 Å². The van der Waals surface area contributed by atoms with Crippen LogP contribution in [0.4, 0.5) is 13.2 Å². The third-order valence-corrected chi connectivity index (χ3v) is 3.51. The van der Waals surface area contributed by atoms with Gasteiger partial charge >= 0.3 is 6.36 Å². The Balaban J connectivity index is 1.95. The number of carbonyl (C=O) groups excluding carboxylic acids is 1. The van der Waals surface area contributed by atoms with Crippen LogP contribution in [0.5, 0.6) is 5.75 Å². The standard InChI is InChI=1S/C18H12F3NO2/c1-11(23)13-4-7-17-14(8-13)9-15(10-22-17)12-2-5-16(6-3-12)24-18(19,20)21/h2-10H,1H3. The number of nitrogens with zero attached hydrogens (tertiary/aromatic N) is 1. The summed E-state index contributed by atoms with van der Waals surface area (Å²) < 4.78 is 40.4. The molecule has 0 N–H and O–H groups in total. The number of halogens is 3. The maximum atomic E-state index is 12.2. The van der Waals surface area contributed by atoms with Crippen LogP contribution >= 0.6 is 0 Å². The first-order valence-corrected chi connectivity index (χ1v) is 7.09. The van der Waals surface area contributed by atoms with Gasteiger partial charge in [-0.25, -0.2) is 0 Å². The van der Waals surface area contributed by atoms with E-state index in [4.69, 9.17) is 0 Å². The number of carbonyl (C=O) groups is 1. The summed E-state index contributed by atoms with van der Waals surface area (Å²) in [5.41, 5.74) is 2.75. The van der Waals surface area contributed by atoms with Crippen LogP contribution in [0.1, 0.15) is 17.3 Å². The second-order valence-electron chi connectivity index (χ2n) is 5.26. The largest absolute Gasteiger partial charge is 0.573 e. The van der Waals surface area contributed by atoms with Crippen molar-refractivity contribution >= 4 is 16.7 Å². The lowest BCUT2D eigenvalue weighted by molar-refractivity contribution is -0.274. The minimum absolute atomic E-state index is 0.0454. The number of aromatic nitrogens is 1. The molecule has 0 fully saturated rings. The molecular weight excluding hydrogens is 319 g/mol. The molecule has 0 aliphatic heterocycles. The minimum Gasteiger partial charge on any atom is -0.406 e. The van der Waals surface area contributed by atoms with Gasteiger partial charge in [-0.15, -0.1) is 13.2 Å². The maximum Gasteiger partial charge on any atom is 0.573 e. The molecular formula is C18H12F3NO2. The summed E-state index contributed by atoms with van der Waals surface area (Å²) in [5.74, 6) is -0.324. The molecule has 0 radical (unpaired) electrons. The lowest BCUT2D eigenvalue weighted by atomic mass is 10.0. The molecule has 0 unspecified atom stereocenters. The first-order chi connectivity index (χ1) is 11.3. The van der Waals surface area contributed by atoms with Crippen LogP contribution < -0.4 is 4.74 Å². The molecule has 6 heteroatoms. The van der Waals surface area contributed by atoms with Crippen molar-refractivity contribution in [2.75, 3.05) is 0 Å². The van der Waals surface area contributed by atoms with Crippen molar-refractivity contribution in [3.8, 4) is 16.9 Å². The Morgan fingerprint density at radius 3 is 2.33 bits per heavy atom. The van der Waals surface area contributed by atoms with E-state index in [0.29, 0.717) is 11.1 Å². The zero-order valence-electron chi connectivity index (χ0n) is 12.6. The van der Waals surface area contributed by atoms with Gasteiger partial charge in [-0.2, -0.15) is 0 Å². The molecule has 1 heterocycles. The molecule has 122 valence electrons. The molecule has 3 nitrogen and oxygen atoms in total. The number of ether oxygens (including phenoxy) is 1. The second kappa shape index (κ2) is 5.96. The number of Topliss-reactive ketones (excluding diaryl/α,β-unsaturated/α-hetero) is 1. The average molecular weight is 331 g/mol. The van der Waals surface area contributed by atoms with E-state index < -0.39 is 6.36 Å². The third kappa shape index (κ3) is 3.53. The summed E-state index contributed by atoms with van der Waals surface area (Å²) in [6.45, 7) is 1.48. The zero-order valence-corrected chi connectivity index (χ0v) is 12.6. The third-order valence-electron chi connectivity index (χ3n) is 3.51. The Labute approximate surface area is 135 Å². The summed E-state index contributed by atoms with van der Waals surface area (Å²) in [4.78, 5) is 15.8. The van der Waals surface area contributed by atoms with Crippen molar-refractivity contribution in [2.24, 2.45) is 0 Å². The molecule has 0 atom stereocenters. The first kappa shape index (κ1) is 16.0. The van der Waals surface area contributed by atoms with Gasteiger partial charge in [-0.05, 0) is 48.9 Å². The van der Waals surface area contributed by atoms with E-state index in [1.807, 2.05) is 6.07 Å². The summed E-state index contributed by atoms with van der Waals surface area (Å²) in [7, 11) is 0. The Bertz CT molecular complexity index is 902. The molecule has 0 spiro atoms. The van der Waals surface area contributed by atoms with E-state index in [1.54, 1.807) is 24.4 Å². The predicted octanol–water partition coefficient (Wildman–Crippen LogP) is 5.00. The molecule has 0 amide bonds. The van der Waals surface area contributed by atoms with E-state index >= 15 is 0 Å². The first-order valence-electron chi connectivity index (χ1n) is 7.09. The van der Waals surface area contributed by atoms with Gasteiger partial charge in [0.05, 0.1) is 5.52 Å². The Morgan fingerprint density at radius 2 is 1.71 bits per heavy atom. The number of hydrogen-bond donors (Lipinski definition) is 0. The number of ketones is 1. The van der Waals surface area contributed by atoms with E-state index in [0.717, 1.165) is 16.5 Å². The molecule has 0 aliphatic rings. The zero-order chi connectivity index (χ0) is 17.3. The SMILES string of the molecule is CC(=O)c1ccc2ncc(-c3ccc(OC(F)(F)F)cc3)cc2c1. The number of pyridine rings is 1. The molecule has 0 saturated heterocycles. The van der Waals surface area contributed by atoms with Crippen LogP contribution in [0.2, 0.25) is 0 Å². The number of rotatable bonds is 3. The highest BCUT2D eigenvalue weighted by atomic mass is 19.4. The average Bonchev–Trinajstić information content (AvgIpc) is 2.53. The topological polar surface area (TPSA) is 39.2 Å². The van der Waals surface area contributed by atoms with Crippen molar-refractivity contribution in [3.63, 3.8) is 0 Å². The van der Waals surface area contributed by atoms with Crippen LogP contribution in [0.15, 0.2) is 54.7 Å². The normalized spacial score (nSPS) is 11.5. The van der Waals surface area contributed by atoms with Gasteiger partial charge in [0.2, 0.25) is 0 Å². The lowest BCUT2D eigenvalue weighted by Crippen LogP contribution is -2.16. The molecule has 2 aromatic carbocycles. The van der Waals surface area contributed by atoms with Crippen LogP contribution in [-0.4, -0.2) is 17.1 Å². The summed E-state index contributed by atoms with van der Waals surface area (Å²) in [6, 6.07) is 12.6. The van der Waals surface area contributed by atoms with E-state index in [1.165, 1.54) is 31.2 Å². The van der Waals surface area contributed by atoms with E-state index in [-0.39, 0.29) is 11.5 Å². The van der Waals surface area contributed by atoms with Crippen LogP contribution in [0.3, 0.4) is 0 Å². The predicted molar refractivity (Wildman–Crippen MR) is 83.9 cm³/mol. The highest BCUT2D eigenvalue weighted by Crippen LogP contribution is 2.28. The number of benzene rings is 2. The van der Waals surface area contributed by atoms with Crippen molar-refractivity contribution < 1.29 is 22.7 Å². The highest BCUT2D eigenvalue weighted by molar-refractivity contribution is 5.98. The fourth-order valence-electron chi connectivity index (χ4n) is 2.36. The summed E-state index contributed by atoms with van der Waals surface area (Å²) >= 11 is 0.